The Bertz CT molecular complexity index is 450. The molecule has 0 heterocycles. The van der Waals surface area contributed by atoms with E-state index in [1.54, 1.807) is 0 Å². The first-order valence-electron chi connectivity index (χ1n) is 7.58. The molecule has 1 aliphatic carbocycles. The molecule has 3 nitrogen and oxygen atoms in total. The van der Waals surface area contributed by atoms with Gasteiger partial charge in [-0.05, 0) is 49.7 Å². The van der Waals surface area contributed by atoms with Gasteiger partial charge < -0.3 is 10.4 Å². The molecule has 20 heavy (non-hydrogen) atoms. The first kappa shape index (κ1) is 15.0. The number of aryl methyl sites for hydroxylation is 2. The number of carbonyl (C=O) groups is 1. The molecule has 1 aromatic carbocycles. The molecule has 2 atom stereocenters. The van der Waals surface area contributed by atoms with E-state index in [-0.39, 0.29) is 12.5 Å². The number of hydrogen-bond donors (Lipinski definition) is 2. The van der Waals surface area contributed by atoms with Crippen molar-refractivity contribution in [3.8, 4) is 0 Å². The molecule has 3 heteroatoms. The summed E-state index contributed by atoms with van der Waals surface area (Å²) in [6.45, 7) is 4.86. The van der Waals surface area contributed by atoms with Gasteiger partial charge in [0.2, 0.25) is 0 Å². The van der Waals surface area contributed by atoms with Crippen LogP contribution in [0.2, 0.25) is 0 Å². The highest BCUT2D eigenvalue weighted by Gasteiger charge is 2.25. The van der Waals surface area contributed by atoms with Crippen LogP contribution < -0.4 is 5.32 Å². The van der Waals surface area contributed by atoms with Crippen LogP contribution in [0, 0.1) is 25.7 Å². The lowest BCUT2D eigenvalue weighted by molar-refractivity contribution is 0.0908. The highest BCUT2D eigenvalue weighted by atomic mass is 16.3. The van der Waals surface area contributed by atoms with Gasteiger partial charge in [-0.1, -0.05) is 31.0 Å². The van der Waals surface area contributed by atoms with E-state index in [4.69, 9.17) is 0 Å². The molecule has 1 fully saturated rings. The summed E-state index contributed by atoms with van der Waals surface area (Å²) in [5.41, 5.74) is 2.83. The Hall–Kier alpha value is -1.35. The molecule has 110 valence electrons. The average Bonchev–Trinajstić information content (AvgIpc) is 2.45. The molecule has 0 radical (unpaired) electrons. The fraction of sp³-hybridized carbons (Fsp3) is 0.588. The maximum Gasteiger partial charge on any atom is 0.251 e. The van der Waals surface area contributed by atoms with Gasteiger partial charge in [-0.25, -0.2) is 0 Å². The van der Waals surface area contributed by atoms with Crippen molar-refractivity contribution in [2.24, 2.45) is 11.8 Å². The molecule has 1 aliphatic rings. The third kappa shape index (κ3) is 3.40. The van der Waals surface area contributed by atoms with Gasteiger partial charge in [0.1, 0.15) is 0 Å². The van der Waals surface area contributed by atoms with E-state index >= 15 is 0 Å². The van der Waals surface area contributed by atoms with Crippen LogP contribution in [0.1, 0.15) is 47.2 Å². The van der Waals surface area contributed by atoms with Crippen molar-refractivity contribution in [2.45, 2.75) is 39.5 Å². The summed E-state index contributed by atoms with van der Waals surface area (Å²) in [7, 11) is 0. The van der Waals surface area contributed by atoms with Gasteiger partial charge in [0.15, 0.2) is 0 Å². The number of hydrogen-bond acceptors (Lipinski definition) is 2. The number of nitrogens with one attached hydrogen (secondary N) is 1. The summed E-state index contributed by atoms with van der Waals surface area (Å²) in [5, 5.41) is 12.5. The number of aliphatic hydroxyl groups is 1. The monoisotopic (exact) mass is 275 g/mol. The molecular formula is C17H25NO2. The Balaban J connectivity index is 1.98. The molecule has 0 spiro atoms. The number of aliphatic hydroxyl groups excluding tert-OH is 1. The SMILES string of the molecule is Cc1cccc(C)c1C(=O)NCC1CCCCC1CO. The minimum absolute atomic E-state index is 0.0165. The maximum absolute atomic E-state index is 12.4. The minimum Gasteiger partial charge on any atom is -0.396 e. The summed E-state index contributed by atoms with van der Waals surface area (Å²) in [4.78, 5) is 12.4. The Morgan fingerprint density at radius 3 is 2.40 bits per heavy atom. The van der Waals surface area contributed by atoms with Gasteiger partial charge >= 0.3 is 0 Å². The molecule has 0 bridgehead atoms. The number of rotatable bonds is 4. The molecule has 0 saturated heterocycles. The topological polar surface area (TPSA) is 49.3 Å². The minimum atomic E-state index is 0.0165. The van der Waals surface area contributed by atoms with E-state index in [1.165, 1.54) is 12.8 Å². The molecule has 1 aromatic rings. The van der Waals surface area contributed by atoms with Crippen molar-refractivity contribution in [3.63, 3.8) is 0 Å². The van der Waals surface area contributed by atoms with Crippen LogP contribution in [0.25, 0.3) is 0 Å². The molecule has 1 amide bonds. The number of amides is 1. The van der Waals surface area contributed by atoms with E-state index in [1.807, 2.05) is 32.0 Å². The lowest BCUT2D eigenvalue weighted by Crippen LogP contribution is -2.36. The lowest BCUT2D eigenvalue weighted by atomic mass is 9.79. The van der Waals surface area contributed by atoms with E-state index < -0.39 is 0 Å². The Labute approximate surface area is 121 Å². The maximum atomic E-state index is 12.4. The molecule has 2 N–H and O–H groups in total. The quantitative estimate of drug-likeness (QED) is 0.887. The van der Waals surface area contributed by atoms with Gasteiger partial charge in [-0.2, -0.15) is 0 Å². The van der Waals surface area contributed by atoms with Crippen LogP contribution in [0.15, 0.2) is 18.2 Å². The van der Waals surface area contributed by atoms with Crippen molar-refractivity contribution in [2.75, 3.05) is 13.2 Å². The zero-order chi connectivity index (χ0) is 14.5. The van der Waals surface area contributed by atoms with E-state index in [0.717, 1.165) is 29.5 Å². The molecule has 0 aromatic heterocycles. The first-order chi connectivity index (χ1) is 9.63. The van der Waals surface area contributed by atoms with E-state index in [2.05, 4.69) is 5.32 Å². The van der Waals surface area contributed by atoms with Crippen molar-refractivity contribution in [1.29, 1.82) is 0 Å². The second-order valence-corrected chi connectivity index (χ2v) is 5.96. The highest BCUT2D eigenvalue weighted by molar-refractivity contribution is 5.97. The third-order valence-electron chi connectivity index (χ3n) is 4.53. The predicted octanol–water partition coefficient (Wildman–Crippen LogP) is 2.83. The van der Waals surface area contributed by atoms with Crippen molar-refractivity contribution in [3.05, 3.63) is 34.9 Å². The summed E-state index contributed by atoms with van der Waals surface area (Å²) in [6.07, 6.45) is 4.60. The van der Waals surface area contributed by atoms with Gasteiger partial charge in [0.25, 0.3) is 5.91 Å². The van der Waals surface area contributed by atoms with E-state index in [0.29, 0.717) is 18.4 Å². The fourth-order valence-corrected chi connectivity index (χ4v) is 3.28. The molecule has 0 aliphatic heterocycles. The Morgan fingerprint density at radius 2 is 1.80 bits per heavy atom. The second-order valence-electron chi connectivity index (χ2n) is 5.96. The standard InChI is InChI=1S/C17H25NO2/c1-12-6-5-7-13(2)16(12)17(20)18-10-14-8-3-4-9-15(14)11-19/h5-7,14-15,19H,3-4,8-11H2,1-2H3,(H,18,20). The average molecular weight is 275 g/mol. The first-order valence-corrected chi connectivity index (χ1v) is 7.58. The summed E-state index contributed by atoms with van der Waals surface area (Å²) >= 11 is 0. The lowest BCUT2D eigenvalue weighted by Gasteiger charge is -2.30. The van der Waals surface area contributed by atoms with Gasteiger partial charge in [0.05, 0.1) is 0 Å². The summed E-state index contributed by atoms with van der Waals surface area (Å²) < 4.78 is 0. The third-order valence-corrected chi connectivity index (χ3v) is 4.53. The van der Waals surface area contributed by atoms with Crippen LogP contribution in [0.5, 0.6) is 0 Å². The van der Waals surface area contributed by atoms with Crippen LogP contribution >= 0.6 is 0 Å². The van der Waals surface area contributed by atoms with E-state index in [9.17, 15) is 9.90 Å². The van der Waals surface area contributed by atoms with Gasteiger partial charge in [-0.3, -0.25) is 4.79 Å². The van der Waals surface area contributed by atoms with Gasteiger partial charge in [0, 0.05) is 18.7 Å². The van der Waals surface area contributed by atoms with Crippen LogP contribution in [-0.2, 0) is 0 Å². The van der Waals surface area contributed by atoms with Crippen molar-refractivity contribution >= 4 is 5.91 Å². The molecule has 1 saturated carbocycles. The van der Waals surface area contributed by atoms with Crippen LogP contribution in [0.3, 0.4) is 0 Å². The van der Waals surface area contributed by atoms with Crippen LogP contribution in [-0.4, -0.2) is 24.2 Å². The molecule has 2 unspecified atom stereocenters. The second kappa shape index (κ2) is 6.89. The van der Waals surface area contributed by atoms with Crippen molar-refractivity contribution in [1.82, 2.24) is 5.32 Å². The number of carbonyl (C=O) groups excluding carboxylic acids is 1. The van der Waals surface area contributed by atoms with Crippen molar-refractivity contribution < 1.29 is 9.90 Å². The van der Waals surface area contributed by atoms with Gasteiger partial charge in [-0.15, -0.1) is 0 Å². The Kier molecular flexibility index (Phi) is 5.18. The Morgan fingerprint density at radius 1 is 1.20 bits per heavy atom. The predicted molar refractivity (Wildman–Crippen MR) is 80.8 cm³/mol. The fourth-order valence-electron chi connectivity index (χ4n) is 3.28. The largest absolute Gasteiger partial charge is 0.396 e. The van der Waals surface area contributed by atoms with Crippen LogP contribution in [0.4, 0.5) is 0 Å². The summed E-state index contributed by atoms with van der Waals surface area (Å²) in [5.74, 6) is 0.784. The highest BCUT2D eigenvalue weighted by Crippen LogP contribution is 2.29. The normalized spacial score (nSPS) is 22.6. The smallest absolute Gasteiger partial charge is 0.251 e. The zero-order valence-electron chi connectivity index (χ0n) is 12.5. The number of benzene rings is 1. The molecular weight excluding hydrogens is 250 g/mol. The zero-order valence-corrected chi connectivity index (χ0v) is 12.5. The summed E-state index contributed by atoms with van der Waals surface area (Å²) in [6, 6.07) is 5.92. The molecule has 2 rings (SSSR count).